The zero-order chi connectivity index (χ0) is 14.4. The number of hydrogen-bond acceptors (Lipinski definition) is 3. The number of esters is 1. The van der Waals surface area contributed by atoms with Gasteiger partial charge in [-0.3, -0.25) is 0 Å². The Morgan fingerprint density at radius 3 is 2.40 bits per heavy atom. The van der Waals surface area contributed by atoms with Crippen LogP contribution in [-0.2, 0) is 22.7 Å². The van der Waals surface area contributed by atoms with Gasteiger partial charge in [-0.1, -0.05) is 30.3 Å². The molecular weight excluding hydrogens is 259 g/mol. The van der Waals surface area contributed by atoms with Crippen molar-refractivity contribution < 1.29 is 18.7 Å². The number of hydrogen-bond donors (Lipinski definition) is 0. The van der Waals surface area contributed by atoms with Gasteiger partial charge in [-0.15, -0.1) is 0 Å². The van der Waals surface area contributed by atoms with E-state index in [1.165, 1.54) is 13.2 Å². The molecule has 2 aromatic carbocycles. The molecule has 104 valence electrons. The second-order valence-corrected chi connectivity index (χ2v) is 4.27. The molecule has 0 fully saturated rings. The molecule has 0 unspecified atom stereocenters. The largest absolute Gasteiger partial charge is 0.465 e. The van der Waals surface area contributed by atoms with Gasteiger partial charge in [-0.2, -0.15) is 0 Å². The molecule has 2 aromatic rings. The van der Waals surface area contributed by atoms with Crippen LogP contribution in [0.5, 0.6) is 0 Å². The van der Waals surface area contributed by atoms with Gasteiger partial charge in [0.05, 0.1) is 25.9 Å². The van der Waals surface area contributed by atoms with Crippen LogP contribution in [0.3, 0.4) is 0 Å². The van der Waals surface area contributed by atoms with Gasteiger partial charge in [0.25, 0.3) is 0 Å². The molecule has 0 N–H and O–H groups in total. The second-order valence-electron chi connectivity index (χ2n) is 4.27. The molecular formula is C16H15FO3. The molecule has 3 nitrogen and oxygen atoms in total. The average molecular weight is 274 g/mol. The van der Waals surface area contributed by atoms with E-state index in [1.807, 2.05) is 0 Å². The highest BCUT2D eigenvalue weighted by Gasteiger charge is 2.05. The summed E-state index contributed by atoms with van der Waals surface area (Å²) < 4.78 is 23.4. The molecule has 0 saturated carbocycles. The molecule has 0 amide bonds. The monoisotopic (exact) mass is 274 g/mol. The van der Waals surface area contributed by atoms with Crippen LogP contribution < -0.4 is 0 Å². The first-order valence-corrected chi connectivity index (χ1v) is 6.19. The quantitative estimate of drug-likeness (QED) is 0.784. The van der Waals surface area contributed by atoms with Crippen LogP contribution in [0.2, 0.25) is 0 Å². The van der Waals surface area contributed by atoms with Gasteiger partial charge in [0.2, 0.25) is 0 Å². The van der Waals surface area contributed by atoms with E-state index in [9.17, 15) is 9.18 Å². The van der Waals surface area contributed by atoms with Gasteiger partial charge in [0, 0.05) is 5.56 Å². The maximum atomic E-state index is 13.4. The summed E-state index contributed by atoms with van der Waals surface area (Å²) in [6.07, 6.45) is 0. The summed E-state index contributed by atoms with van der Waals surface area (Å²) in [5.74, 6) is -0.641. The Morgan fingerprint density at radius 2 is 1.75 bits per heavy atom. The number of carbonyl (C=O) groups excluding carboxylic acids is 1. The van der Waals surface area contributed by atoms with Crippen molar-refractivity contribution in [1.29, 1.82) is 0 Å². The van der Waals surface area contributed by atoms with Crippen molar-refractivity contribution in [1.82, 2.24) is 0 Å². The first-order valence-electron chi connectivity index (χ1n) is 6.19. The van der Waals surface area contributed by atoms with E-state index in [0.717, 1.165) is 5.56 Å². The lowest BCUT2D eigenvalue weighted by Gasteiger charge is -2.06. The Hall–Kier alpha value is -2.20. The number of methoxy groups -OCH3 is 1. The van der Waals surface area contributed by atoms with Gasteiger partial charge < -0.3 is 9.47 Å². The third-order valence-electron chi connectivity index (χ3n) is 2.86. The summed E-state index contributed by atoms with van der Waals surface area (Å²) in [6, 6.07) is 13.4. The smallest absolute Gasteiger partial charge is 0.337 e. The van der Waals surface area contributed by atoms with Gasteiger partial charge in [-0.25, -0.2) is 9.18 Å². The number of benzene rings is 2. The van der Waals surface area contributed by atoms with Gasteiger partial charge >= 0.3 is 5.97 Å². The summed E-state index contributed by atoms with van der Waals surface area (Å²) in [6.45, 7) is 0.571. The summed E-state index contributed by atoms with van der Waals surface area (Å²) in [4.78, 5) is 11.3. The second kappa shape index (κ2) is 6.82. The van der Waals surface area contributed by atoms with Crippen molar-refractivity contribution in [3.05, 3.63) is 71.0 Å². The highest BCUT2D eigenvalue weighted by Crippen LogP contribution is 2.11. The van der Waals surface area contributed by atoms with E-state index in [4.69, 9.17) is 4.74 Å². The molecule has 20 heavy (non-hydrogen) atoms. The fourth-order valence-corrected chi connectivity index (χ4v) is 1.75. The SMILES string of the molecule is COC(=O)c1ccc(COCc2ccccc2F)cc1. The molecule has 0 atom stereocenters. The van der Waals surface area contributed by atoms with E-state index >= 15 is 0 Å². The Bertz CT molecular complexity index is 579. The standard InChI is InChI=1S/C16H15FO3/c1-19-16(18)13-8-6-12(7-9-13)10-20-11-14-4-2-3-5-15(14)17/h2-9H,10-11H2,1H3. The van der Waals surface area contributed by atoms with Crippen LogP contribution in [-0.4, -0.2) is 13.1 Å². The number of rotatable bonds is 5. The normalized spacial score (nSPS) is 10.3. The van der Waals surface area contributed by atoms with Crippen molar-refractivity contribution in [3.63, 3.8) is 0 Å². The van der Waals surface area contributed by atoms with Crippen molar-refractivity contribution in [2.45, 2.75) is 13.2 Å². The average Bonchev–Trinajstić information content (AvgIpc) is 2.49. The third kappa shape index (κ3) is 3.65. The summed E-state index contributed by atoms with van der Waals surface area (Å²) in [5.41, 5.74) is 1.93. The molecule has 4 heteroatoms. The van der Waals surface area contributed by atoms with Gasteiger partial charge in [0.15, 0.2) is 0 Å². The molecule has 0 aliphatic carbocycles. The summed E-state index contributed by atoms with van der Waals surface area (Å²) in [7, 11) is 1.34. The van der Waals surface area contributed by atoms with E-state index in [1.54, 1.807) is 42.5 Å². The van der Waals surface area contributed by atoms with Crippen molar-refractivity contribution in [2.75, 3.05) is 7.11 Å². The Morgan fingerprint density at radius 1 is 1.05 bits per heavy atom. The third-order valence-corrected chi connectivity index (χ3v) is 2.86. The predicted octanol–water partition coefficient (Wildman–Crippen LogP) is 3.33. The lowest BCUT2D eigenvalue weighted by Crippen LogP contribution is -2.01. The van der Waals surface area contributed by atoms with E-state index < -0.39 is 0 Å². The molecule has 0 heterocycles. The lowest BCUT2D eigenvalue weighted by molar-refractivity contribution is 0.0600. The molecule has 0 aromatic heterocycles. The van der Waals surface area contributed by atoms with E-state index in [-0.39, 0.29) is 18.4 Å². The molecule has 0 spiro atoms. The highest BCUT2D eigenvalue weighted by atomic mass is 19.1. The molecule has 0 bridgehead atoms. The number of carbonyl (C=O) groups is 1. The molecule has 2 rings (SSSR count). The summed E-state index contributed by atoms with van der Waals surface area (Å²) in [5, 5.41) is 0. The Balaban J connectivity index is 1.88. The minimum Gasteiger partial charge on any atom is -0.465 e. The Kier molecular flexibility index (Phi) is 4.85. The van der Waals surface area contributed by atoms with Crippen LogP contribution in [0.15, 0.2) is 48.5 Å². The zero-order valence-electron chi connectivity index (χ0n) is 11.1. The van der Waals surface area contributed by atoms with E-state index in [2.05, 4.69) is 4.74 Å². The number of halogens is 1. The van der Waals surface area contributed by atoms with E-state index in [0.29, 0.717) is 17.7 Å². The highest BCUT2D eigenvalue weighted by molar-refractivity contribution is 5.89. The molecule has 0 aliphatic heterocycles. The van der Waals surface area contributed by atoms with Gasteiger partial charge in [0.1, 0.15) is 5.82 Å². The minimum atomic E-state index is -0.371. The van der Waals surface area contributed by atoms with Crippen molar-refractivity contribution in [3.8, 4) is 0 Å². The lowest BCUT2D eigenvalue weighted by atomic mass is 10.1. The Labute approximate surface area is 117 Å². The van der Waals surface area contributed by atoms with Crippen LogP contribution >= 0.6 is 0 Å². The molecule has 0 aliphatic rings. The molecule has 0 saturated heterocycles. The predicted molar refractivity (Wildman–Crippen MR) is 72.7 cm³/mol. The van der Waals surface area contributed by atoms with Crippen LogP contribution in [0.1, 0.15) is 21.5 Å². The maximum Gasteiger partial charge on any atom is 0.337 e. The maximum absolute atomic E-state index is 13.4. The first-order chi connectivity index (χ1) is 9.70. The minimum absolute atomic E-state index is 0.214. The first kappa shape index (κ1) is 14.2. The van der Waals surface area contributed by atoms with Crippen LogP contribution in [0.25, 0.3) is 0 Å². The van der Waals surface area contributed by atoms with Crippen LogP contribution in [0, 0.1) is 5.82 Å². The fraction of sp³-hybridized carbons (Fsp3) is 0.188. The van der Waals surface area contributed by atoms with Crippen LogP contribution in [0.4, 0.5) is 4.39 Å². The topological polar surface area (TPSA) is 35.5 Å². The molecule has 0 radical (unpaired) electrons. The number of ether oxygens (including phenoxy) is 2. The fourth-order valence-electron chi connectivity index (χ4n) is 1.75. The summed E-state index contributed by atoms with van der Waals surface area (Å²) >= 11 is 0. The van der Waals surface area contributed by atoms with Crippen molar-refractivity contribution >= 4 is 5.97 Å². The zero-order valence-corrected chi connectivity index (χ0v) is 11.1. The van der Waals surface area contributed by atoms with Gasteiger partial charge in [-0.05, 0) is 23.8 Å². The van der Waals surface area contributed by atoms with Crippen molar-refractivity contribution in [2.24, 2.45) is 0 Å².